The maximum atomic E-state index is 13.4. The molecule has 0 unspecified atom stereocenters. The van der Waals surface area contributed by atoms with Crippen LogP contribution in [0.1, 0.15) is 27.4 Å². The Morgan fingerprint density at radius 3 is 2.53 bits per heavy atom. The molecule has 1 amide bonds. The molecule has 2 heterocycles. The molecule has 3 aromatic carbocycles. The Bertz CT molecular complexity index is 1130. The summed E-state index contributed by atoms with van der Waals surface area (Å²) in [4.78, 5) is 17.4. The van der Waals surface area contributed by atoms with E-state index in [1.807, 2.05) is 48.5 Å². The topological polar surface area (TPSA) is 53.0 Å². The van der Waals surface area contributed by atoms with Crippen molar-refractivity contribution < 1.29 is 19.0 Å². The summed E-state index contributed by atoms with van der Waals surface area (Å²) in [6, 6.07) is 21.5. The van der Waals surface area contributed by atoms with Crippen LogP contribution in [0.15, 0.2) is 72.8 Å². The van der Waals surface area contributed by atoms with Crippen molar-refractivity contribution in [1.82, 2.24) is 4.90 Å². The number of anilines is 1. The van der Waals surface area contributed by atoms with E-state index in [9.17, 15) is 14.3 Å². The van der Waals surface area contributed by atoms with E-state index in [1.54, 1.807) is 12.0 Å². The highest BCUT2D eigenvalue weighted by atomic mass is 19.1. The minimum Gasteiger partial charge on any atom is -0.496 e. The Morgan fingerprint density at radius 2 is 1.78 bits per heavy atom. The number of benzene rings is 3. The number of carbonyl (C=O) groups excluding carboxylic acids is 1. The molecule has 3 atom stereocenters. The minimum atomic E-state index is -0.367. The van der Waals surface area contributed by atoms with Crippen molar-refractivity contribution in [1.29, 1.82) is 0 Å². The highest BCUT2D eigenvalue weighted by molar-refractivity contribution is 6.07. The van der Waals surface area contributed by atoms with Gasteiger partial charge in [-0.05, 0) is 42.0 Å². The van der Waals surface area contributed by atoms with Crippen molar-refractivity contribution in [3.63, 3.8) is 0 Å². The van der Waals surface area contributed by atoms with Gasteiger partial charge in [0.25, 0.3) is 5.91 Å². The van der Waals surface area contributed by atoms with Gasteiger partial charge < -0.3 is 14.7 Å². The van der Waals surface area contributed by atoms with Gasteiger partial charge in [-0.1, -0.05) is 36.4 Å². The van der Waals surface area contributed by atoms with Gasteiger partial charge in [0.1, 0.15) is 11.6 Å². The summed E-state index contributed by atoms with van der Waals surface area (Å²) in [6.07, 6.45) is 0. The number of amides is 1. The first kappa shape index (κ1) is 20.7. The van der Waals surface area contributed by atoms with Crippen LogP contribution in [0.2, 0.25) is 0 Å². The molecule has 0 bridgehead atoms. The van der Waals surface area contributed by atoms with Crippen molar-refractivity contribution in [2.45, 2.75) is 24.5 Å². The largest absolute Gasteiger partial charge is 0.496 e. The molecule has 0 aromatic heterocycles. The molecule has 0 aliphatic carbocycles. The number of ether oxygens (including phenoxy) is 1. The Hall–Kier alpha value is -3.22. The van der Waals surface area contributed by atoms with E-state index in [2.05, 4.69) is 4.90 Å². The smallest absolute Gasteiger partial charge is 0.258 e. The van der Waals surface area contributed by atoms with Crippen LogP contribution in [0.5, 0.6) is 5.75 Å². The minimum absolute atomic E-state index is 0.0332. The van der Waals surface area contributed by atoms with Crippen LogP contribution >= 0.6 is 0 Å². The van der Waals surface area contributed by atoms with Crippen molar-refractivity contribution in [3.05, 3.63) is 95.3 Å². The van der Waals surface area contributed by atoms with E-state index in [-0.39, 0.29) is 36.3 Å². The van der Waals surface area contributed by atoms with E-state index in [4.69, 9.17) is 4.74 Å². The number of halogens is 1. The van der Waals surface area contributed by atoms with Gasteiger partial charge in [-0.25, -0.2) is 4.39 Å². The van der Waals surface area contributed by atoms with Crippen LogP contribution in [0.3, 0.4) is 0 Å². The summed E-state index contributed by atoms with van der Waals surface area (Å²) in [6.45, 7) is 1.16. The highest BCUT2D eigenvalue weighted by Gasteiger charge is 2.53. The fourth-order valence-corrected chi connectivity index (χ4v) is 5.17. The van der Waals surface area contributed by atoms with Crippen molar-refractivity contribution in [2.24, 2.45) is 0 Å². The van der Waals surface area contributed by atoms with Crippen LogP contribution in [0.4, 0.5) is 10.1 Å². The Balaban J connectivity index is 1.49. The van der Waals surface area contributed by atoms with E-state index in [0.29, 0.717) is 18.7 Å². The monoisotopic (exact) mass is 432 g/mol. The zero-order valence-electron chi connectivity index (χ0n) is 17.8. The zero-order valence-corrected chi connectivity index (χ0v) is 17.8. The third-order valence-corrected chi connectivity index (χ3v) is 6.71. The summed E-state index contributed by atoms with van der Waals surface area (Å²) in [7, 11) is 1.65. The first-order chi connectivity index (χ1) is 15.6. The first-order valence-electron chi connectivity index (χ1n) is 10.8. The molecular weight excluding hydrogens is 407 g/mol. The second-order valence-corrected chi connectivity index (χ2v) is 8.31. The third-order valence-electron chi connectivity index (χ3n) is 6.71. The molecule has 2 aliphatic rings. The number of likely N-dealkylation sites (tertiary alicyclic amines) is 1. The summed E-state index contributed by atoms with van der Waals surface area (Å²) in [5.74, 6) is 0.431. The molecule has 1 saturated heterocycles. The second-order valence-electron chi connectivity index (χ2n) is 8.31. The normalized spacial score (nSPS) is 22.0. The molecule has 164 valence electrons. The molecule has 0 radical (unpaired) electrons. The fourth-order valence-electron chi connectivity index (χ4n) is 5.17. The molecule has 6 heteroatoms. The predicted molar refractivity (Wildman–Crippen MR) is 120 cm³/mol. The number of nitrogens with zero attached hydrogens (tertiary/aromatic N) is 2. The van der Waals surface area contributed by atoms with Gasteiger partial charge in [0, 0.05) is 47.9 Å². The quantitative estimate of drug-likeness (QED) is 0.666. The van der Waals surface area contributed by atoms with Crippen LogP contribution < -0.4 is 9.64 Å². The molecule has 0 saturated carbocycles. The van der Waals surface area contributed by atoms with Gasteiger partial charge in [-0.15, -0.1) is 0 Å². The summed E-state index contributed by atoms with van der Waals surface area (Å²) in [5.41, 5.74) is 3.42. The number of para-hydroxylation sites is 2. The average Bonchev–Trinajstić information content (AvgIpc) is 2.82. The number of carbonyl (C=O) groups is 1. The van der Waals surface area contributed by atoms with E-state index in [0.717, 1.165) is 22.6 Å². The summed E-state index contributed by atoms with van der Waals surface area (Å²) >= 11 is 0. The lowest BCUT2D eigenvalue weighted by Crippen LogP contribution is -2.68. The van der Waals surface area contributed by atoms with Crippen molar-refractivity contribution in [2.75, 3.05) is 25.2 Å². The Kier molecular flexibility index (Phi) is 5.41. The van der Waals surface area contributed by atoms with Crippen LogP contribution in [0.25, 0.3) is 0 Å². The van der Waals surface area contributed by atoms with Gasteiger partial charge in [0.2, 0.25) is 0 Å². The predicted octanol–water partition coefficient (Wildman–Crippen LogP) is 3.82. The van der Waals surface area contributed by atoms with Gasteiger partial charge in [-0.3, -0.25) is 9.69 Å². The number of hydrogen-bond donors (Lipinski definition) is 1. The lowest BCUT2D eigenvalue weighted by atomic mass is 9.71. The molecular formula is C26H25FN2O3. The number of fused-ring (bicyclic) bond motifs is 3. The number of rotatable bonds is 5. The summed E-state index contributed by atoms with van der Waals surface area (Å²) < 4.78 is 18.9. The SMILES string of the molecule is COc1ccccc1CN1[C@@H]2CN(C(=O)c3ccc(F)cc3)c3ccccc3[C@@H]2[C@@H]1CO. The number of methoxy groups -OCH3 is 1. The molecule has 1 N–H and O–H groups in total. The molecule has 3 aromatic rings. The number of aliphatic hydroxyl groups excluding tert-OH is 1. The number of hydrogen-bond acceptors (Lipinski definition) is 4. The lowest BCUT2D eigenvalue weighted by molar-refractivity contribution is -0.0491. The first-order valence-corrected chi connectivity index (χ1v) is 10.8. The molecule has 32 heavy (non-hydrogen) atoms. The number of aliphatic hydroxyl groups is 1. The summed E-state index contributed by atoms with van der Waals surface area (Å²) in [5, 5.41) is 10.2. The Morgan fingerprint density at radius 1 is 1.06 bits per heavy atom. The highest BCUT2D eigenvalue weighted by Crippen LogP contribution is 2.49. The van der Waals surface area contributed by atoms with Gasteiger partial charge in [0.05, 0.1) is 13.7 Å². The third kappa shape index (κ3) is 3.36. The van der Waals surface area contributed by atoms with Crippen LogP contribution in [0, 0.1) is 5.82 Å². The van der Waals surface area contributed by atoms with Crippen LogP contribution in [-0.4, -0.2) is 48.3 Å². The average molecular weight is 432 g/mol. The molecule has 5 rings (SSSR count). The zero-order chi connectivity index (χ0) is 22.2. The van der Waals surface area contributed by atoms with Gasteiger partial charge in [-0.2, -0.15) is 0 Å². The van der Waals surface area contributed by atoms with Crippen molar-refractivity contribution in [3.8, 4) is 5.75 Å². The standard InChI is InChI=1S/C26H25FN2O3/c1-32-24-9-5-2-6-18(24)14-28-22-15-29(26(31)17-10-12-19(27)13-11-17)21-8-4-3-7-20(21)25(22)23(28)16-30/h2-13,22-23,25,30H,14-16H2,1H3/t22-,23+,25+/m1/s1. The van der Waals surface area contributed by atoms with E-state index < -0.39 is 0 Å². The van der Waals surface area contributed by atoms with Crippen LogP contribution in [-0.2, 0) is 6.54 Å². The fraction of sp³-hybridized carbons (Fsp3) is 0.269. The van der Waals surface area contributed by atoms with E-state index >= 15 is 0 Å². The van der Waals surface area contributed by atoms with Gasteiger partial charge in [0.15, 0.2) is 0 Å². The molecule has 5 nitrogen and oxygen atoms in total. The van der Waals surface area contributed by atoms with Gasteiger partial charge >= 0.3 is 0 Å². The maximum Gasteiger partial charge on any atom is 0.258 e. The molecule has 1 fully saturated rings. The molecule has 2 aliphatic heterocycles. The van der Waals surface area contributed by atoms with E-state index in [1.165, 1.54) is 24.3 Å². The second kappa shape index (κ2) is 8.37. The Labute approximate surface area is 186 Å². The van der Waals surface area contributed by atoms with Crippen molar-refractivity contribution >= 4 is 11.6 Å². The lowest BCUT2D eigenvalue weighted by Gasteiger charge is -2.59. The maximum absolute atomic E-state index is 13.4. The molecule has 0 spiro atoms.